The maximum atomic E-state index is 12.7. The van der Waals surface area contributed by atoms with E-state index in [0.717, 1.165) is 70.1 Å². The first-order valence-corrected chi connectivity index (χ1v) is 11.4. The molecule has 6 rings (SSSR count). The first-order valence-electron chi connectivity index (χ1n) is 11.4. The number of anilines is 1. The summed E-state index contributed by atoms with van der Waals surface area (Å²) in [7, 11) is 0. The highest BCUT2D eigenvalue weighted by atomic mass is 16.1. The molecule has 0 saturated heterocycles. The molecule has 0 radical (unpaired) electrons. The van der Waals surface area contributed by atoms with E-state index in [0.29, 0.717) is 5.69 Å². The van der Waals surface area contributed by atoms with Gasteiger partial charge in [0, 0.05) is 45.7 Å². The van der Waals surface area contributed by atoms with E-state index in [9.17, 15) is 4.79 Å². The smallest absolute Gasteiger partial charge is 0.227 e. The largest absolute Gasteiger partial charge is 0.353 e. The van der Waals surface area contributed by atoms with Gasteiger partial charge < -0.3 is 10.3 Å². The second-order valence-electron chi connectivity index (χ2n) is 8.75. The Hall–Kier alpha value is -4.00. The Bertz CT molecular complexity index is 1430. The lowest BCUT2D eigenvalue weighted by molar-refractivity contribution is -0.120. The van der Waals surface area contributed by atoms with Crippen molar-refractivity contribution in [2.24, 2.45) is 5.92 Å². The highest BCUT2D eigenvalue weighted by Crippen LogP contribution is 2.31. The van der Waals surface area contributed by atoms with Crippen LogP contribution < -0.4 is 5.32 Å². The summed E-state index contributed by atoms with van der Waals surface area (Å²) < 4.78 is 0. The maximum Gasteiger partial charge on any atom is 0.227 e. The van der Waals surface area contributed by atoms with Crippen LogP contribution in [0.5, 0.6) is 0 Å². The average molecular weight is 437 g/mol. The third-order valence-electron chi connectivity index (χ3n) is 6.52. The molecule has 4 heterocycles. The van der Waals surface area contributed by atoms with Crippen molar-refractivity contribution < 1.29 is 4.79 Å². The number of carbonyl (C=O) groups is 1. The van der Waals surface area contributed by atoms with Gasteiger partial charge >= 0.3 is 0 Å². The molecule has 0 bridgehead atoms. The van der Waals surface area contributed by atoms with Crippen LogP contribution in [0.25, 0.3) is 44.5 Å². The number of rotatable bonds is 4. The fourth-order valence-corrected chi connectivity index (χ4v) is 4.74. The fraction of sp³-hybridized carbons (Fsp3) is 0.231. The van der Waals surface area contributed by atoms with E-state index in [2.05, 4.69) is 54.7 Å². The van der Waals surface area contributed by atoms with Crippen molar-refractivity contribution in [2.75, 3.05) is 5.32 Å². The number of H-pyrrole nitrogens is 2. The van der Waals surface area contributed by atoms with E-state index >= 15 is 0 Å². The number of hydrogen-bond acceptors (Lipinski definition) is 4. The number of aromatic amines is 2. The molecular weight excluding hydrogens is 412 g/mol. The van der Waals surface area contributed by atoms with E-state index in [4.69, 9.17) is 0 Å². The number of carbonyl (C=O) groups excluding carboxylic acids is 1. The number of hydrogen-bond donors (Lipinski definition) is 3. The van der Waals surface area contributed by atoms with Gasteiger partial charge in [-0.2, -0.15) is 5.10 Å². The molecular formula is C26H24N6O. The second kappa shape index (κ2) is 8.16. The number of aromatic nitrogens is 5. The Morgan fingerprint density at radius 2 is 1.82 bits per heavy atom. The van der Waals surface area contributed by atoms with Gasteiger partial charge in [-0.25, -0.2) is 4.98 Å². The number of nitrogens with one attached hydrogen (secondary N) is 3. The van der Waals surface area contributed by atoms with Gasteiger partial charge in [-0.1, -0.05) is 37.5 Å². The van der Waals surface area contributed by atoms with Crippen LogP contribution in [-0.4, -0.2) is 31.1 Å². The van der Waals surface area contributed by atoms with Crippen molar-refractivity contribution in [3.63, 3.8) is 0 Å². The molecule has 1 aliphatic rings. The van der Waals surface area contributed by atoms with Gasteiger partial charge in [0.2, 0.25) is 5.91 Å². The van der Waals surface area contributed by atoms with Crippen LogP contribution in [0.2, 0.25) is 0 Å². The number of nitrogens with zero attached hydrogens (tertiary/aromatic N) is 3. The Morgan fingerprint density at radius 3 is 2.70 bits per heavy atom. The molecule has 33 heavy (non-hydrogen) atoms. The summed E-state index contributed by atoms with van der Waals surface area (Å²) in [4.78, 5) is 25.0. The van der Waals surface area contributed by atoms with Gasteiger partial charge in [0.15, 0.2) is 5.65 Å². The number of pyridine rings is 2. The minimum absolute atomic E-state index is 0.0955. The Kier molecular flexibility index (Phi) is 4.87. The molecule has 4 aromatic heterocycles. The molecule has 1 saturated carbocycles. The molecule has 0 spiro atoms. The van der Waals surface area contributed by atoms with E-state index in [1.54, 1.807) is 18.6 Å². The summed E-state index contributed by atoms with van der Waals surface area (Å²) in [6, 6.07) is 14.3. The zero-order valence-corrected chi connectivity index (χ0v) is 18.1. The number of para-hydroxylation sites is 1. The van der Waals surface area contributed by atoms with Crippen LogP contribution in [0.4, 0.5) is 5.69 Å². The predicted molar refractivity (Wildman–Crippen MR) is 130 cm³/mol. The Labute approximate surface area is 190 Å². The van der Waals surface area contributed by atoms with Gasteiger partial charge in [0.25, 0.3) is 0 Å². The third kappa shape index (κ3) is 3.75. The lowest BCUT2D eigenvalue weighted by atomic mass is 9.88. The van der Waals surface area contributed by atoms with Crippen LogP contribution in [0, 0.1) is 5.92 Å². The normalized spacial score (nSPS) is 14.7. The van der Waals surface area contributed by atoms with Gasteiger partial charge in [-0.3, -0.25) is 14.9 Å². The summed E-state index contributed by atoms with van der Waals surface area (Å²) in [6.45, 7) is 0. The molecule has 0 atom stereocenters. The quantitative estimate of drug-likeness (QED) is 0.337. The number of benzene rings is 1. The van der Waals surface area contributed by atoms with E-state index in [-0.39, 0.29) is 11.8 Å². The number of amides is 1. The topological polar surface area (TPSA) is 99.3 Å². The van der Waals surface area contributed by atoms with E-state index < -0.39 is 0 Å². The van der Waals surface area contributed by atoms with Crippen molar-refractivity contribution in [3.8, 4) is 22.5 Å². The third-order valence-corrected chi connectivity index (χ3v) is 6.52. The fourth-order valence-electron chi connectivity index (χ4n) is 4.74. The monoisotopic (exact) mass is 436 g/mol. The summed E-state index contributed by atoms with van der Waals surface area (Å²) >= 11 is 0. The van der Waals surface area contributed by atoms with Crippen LogP contribution in [0.15, 0.2) is 61.1 Å². The Balaban J connectivity index is 1.32. The lowest BCUT2D eigenvalue weighted by Crippen LogP contribution is -2.24. The molecule has 5 aromatic rings. The lowest BCUT2D eigenvalue weighted by Gasteiger charge is -2.20. The average Bonchev–Trinajstić information content (AvgIpc) is 3.48. The molecule has 0 aliphatic heterocycles. The van der Waals surface area contributed by atoms with Gasteiger partial charge in [-0.05, 0) is 37.1 Å². The van der Waals surface area contributed by atoms with Crippen LogP contribution in [-0.2, 0) is 4.79 Å². The van der Waals surface area contributed by atoms with E-state index in [1.807, 2.05) is 18.2 Å². The van der Waals surface area contributed by atoms with E-state index in [1.165, 1.54) is 6.42 Å². The highest BCUT2D eigenvalue weighted by Gasteiger charge is 2.21. The molecule has 1 aromatic carbocycles. The summed E-state index contributed by atoms with van der Waals surface area (Å²) in [5.74, 6) is 0.198. The molecule has 3 N–H and O–H groups in total. The van der Waals surface area contributed by atoms with Crippen LogP contribution in [0.1, 0.15) is 32.1 Å². The Morgan fingerprint density at radius 1 is 0.970 bits per heavy atom. The predicted octanol–water partition coefficient (Wildman–Crippen LogP) is 5.69. The summed E-state index contributed by atoms with van der Waals surface area (Å²) in [6.07, 6.45) is 10.7. The molecule has 1 aliphatic carbocycles. The van der Waals surface area contributed by atoms with Crippen LogP contribution in [0.3, 0.4) is 0 Å². The standard InChI is InChI=1S/C26H24N6O/c33-26(16-6-2-1-3-7-16)29-20-10-18(13-27-15-20)19-11-21-24(31-32-25(21)28-14-19)23-12-17-8-4-5-9-22(17)30-23/h4-5,8-16,30H,1-3,6-7H2,(H,29,33)(H,28,31,32). The summed E-state index contributed by atoms with van der Waals surface area (Å²) in [5, 5.41) is 12.7. The van der Waals surface area contributed by atoms with Crippen LogP contribution >= 0.6 is 0 Å². The number of fused-ring (bicyclic) bond motifs is 2. The SMILES string of the molecule is O=C(Nc1cncc(-c2cnc3[nH]nc(-c4cc5ccccc5[nH]4)c3c2)c1)C1CCCCC1. The minimum Gasteiger partial charge on any atom is -0.353 e. The van der Waals surface area contributed by atoms with Crippen molar-refractivity contribution in [3.05, 3.63) is 61.1 Å². The summed E-state index contributed by atoms with van der Waals surface area (Å²) in [5.41, 5.74) is 6.09. The van der Waals surface area contributed by atoms with Gasteiger partial charge in [-0.15, -0.1) is 0 Å². The second-order valence-corrected chi connectivity index (χ2v) is 8.75. The molecule has 7 heteroatoms. The molecule has 0 unspecified atom stereocenters. The highest BCUT2D eigenvalue weighted by molar-refractivity contribution is 5.96. The van der Waals surface area contributed by atoms with Crippen molar-refractivity contribution in [1.29, 1.82) is 0 Å². The zero-order valence-electron chi connectivity index (χ0n) is 18.1. The first-order chi connectivity index (χ1) is 16.2. The van der Waals surface area contributed by atoms with Crippen molar-refractivity contribution >= 4 is 33.5 Å². The minimum atomic E-state index is 0.0955. The molecule has 164 valence electrons. The van der Waals surface area contributed by atoms with Gasteiger partial charge in [0.1, 0.15) is 5.69 Å². The maximum absolute atomic E-state index is 12.7. The molecule has 7 nitrogen and oxygen atoms in total. The molecule has 1 fully saturated rings. The molecule has 1 amide bonds. The van der Waals surface area contributed by atoms with Crippen molar-refractivity contribution in [2.45, 2.75) is 32.1 Å². The van der Waals surface area contributed by atoms with Crippen molar-refractivity contribution in [1.82, 2.24) is 25.1 Å². The zero-order chi connectivity index (χ0) is 22.2. The first kappa shape index (κ1) is 19.7. The van der Waals surface area contributed by atoms with Gasteiger partial charge in [0.05, 0.1) is 17.6 Å².